The summed E-state index contributed by atoms with van der Waals surface area (Å²) in [5, 5.41) is 0. The molecule has 0 aromatic heterocycles. The molecule has 0 aliphatic carbocycles. The molecule has 2 rings (SSSR count). The van der Waals surface area contributed by atoms with Crippen LogP contribution in [-0.4, -0.2) is 32.9 Å². The van der Waals surface area contributed by atoms with Gasteiger partial charge in [0.1, 0.15) is 10.6 Å². The maximum atomic E-state index is 12.8. The molecule has 0 spiro atoms. The fraction of sp³-hybridized carbons (Fsp3) is 0.600. The van der Waals surface area contributed by atoms with E-state index >= 15 is 0 Å². The van der Waals surface area contributed by atoms with Crippen LogP contribution in [0.3, 0.4) is 0 Å². The average molecular weight is 332 g/mol. The van der Waals surface area contributed by atoms with Gasteiger partial charge < -0.3 is 4.74 Å². The lowest BCUT2D eigenvalue weighted by Crippen LogP contribution is -2.32. The van der Waals surface area contributed by atoms with Crippen molar-refractivity contribution in [3.8, 4) is 5.75 Å². The van der Waals surface area contributed by atoms with Gasteiger partial charge in [0.2, 0.25) is 10.0 Å². The van der Waals surface area contributed by atoms with Gasteiger partial charge in [0.25, 0.3) is 0 Å². The predicted octanol–water partition coefficient (Wildman–Crippen LogP) is 3.24. The summed E-state index contributed by atoms with van der Waals surface area (Å²) in [6.45, 7) is 3.32. The van der Waals surface area contributed by atoms with Crippen LogP contribution >= 0.6 is 11.6 Å². The highest BCUT2D eigenvalue weighted by molar-refractivity contribution is 7.89. The van der Waals surface area contributed by atoms with E-state index < -0.39 is 10.0 Å². The second kappa shape index (κ2) is 6.99. The molecule has 0 N–H and O–H groups in total. The third kappa shape index (κ3) is 3.71. The summed E-state index contributed by atoms with van der Waals surface area (Å²) in [6.07, 6.45) is 2.89. The van der Waals surface area contributed by atoms with Gasteiger partial charge in [-0.25, -0.2) is 8.42 Å². The summed E-state index contributed by atoms with van der Waals surface area (Å²) in [5.41, 5.74) is 0.844. The Morgan fingerprint density at radius 1 is 1.33 bits per heavy atom. The Morgan fingerprint density at radius 2 is 2.10 bits per heavy atom. The molecule has 0 radical (unpaired) electrons. The lowest BCUT2D eigenvalue weighted by Gasteiger charge is -2.21. The predicted molar refractivity (Wildman–Crippen MR) is 84.3 cm³/mol. The van der Waals surface area contributed by atoms with E-state index in [9.17, 15) is 8.42 Å². The Labute approximate surface area is 132 Å². The quantitative estimate of drug-likeness (QED) is 0.796. The van der Waals surface area contributed by atoms with E-state index in [0.29, 0.717) is 30.6 Å². The molecule has 1 aliphatic heterocycles. The van der Waals surface area contributed by atoms with Crippen LogP contribution < -0.4 is 4.74 Å². The van der Waals surface area contributed by atoms with Crippen molar-refractivity contribution in [2.75, 3.05) is 20.2 Å². The smallest absolute Gasteiger partial charge is 0.246 e. The Hall–Kier alpha value is -0.780. The second-order valence-corrected chi connectivity index (χ2v) is 7.73. The Bertz CT molecular complexity index is 589. The first-order valence-electron chi connectivity index (χ1n) is 7.22. The fourth-order valence-corrected chi connectivity index (χ4v) is 4.42. The molecule has 1 aliphatic rings. The number of nitrogens with zero attached hydrogens (tertiary/aromatic N) is 1. The van der Waals surface area contributed by atoms with E-state index in [0.717, 1.165) is 24.8 Å². The molecule has 21 heavy (non-hydrogen) atoms. The number of benzene rings is 1. The molecule has 1 atom stereocenters. The fourth-order valence-electron chi connectivity index (χ4n) is 2.62. The summed E-state index contributed by atoms with van der Waals surface area (Å²) >= 11 is 5.79. The third-order valence-electron chi connectivity index (χ3n) is 3.98. The number of rotatable bonds is 4. The summed E-state index contributed by atoms with van der Waals surface area (Å²) in [4.78, 5) is 0.230. The molecule has 4 nitrogen and oxygen atoms in total. The molecule has 1 fully saturated rings. The number of alkyl halides is 1. The van der Waals surface area contributed by atoms with Crippen molar-refractivity contribution in [3.05, 3.63) is 23.8 Å². The molecule has 118 valence electrons. The molecule has 1 heterocycles. The monoisotopic (exact) mass is 331 g/mol. The topological polar surface area (TPSA) is 46.6 Å². The maximum Gasteiger partial charge on any atom is 0.246 e. The van der Waals surface area contributed by atoms with Crippen LogP contribution in [0.5, 0.6) is 5.75 Å². The molecular formula is C15H22ClNO3S. The van der Waals surface area contributed by atoms with Gasteiger partial charge in [0.15, 0.2) is 0 Å². The van der Waals surface area contributed by atoms with Gasteiger partial charge in [-0.1, -0.05) is 13.0 Å². The molecular weight excluding hydrogens is 310 g/mol. The van der Waals surface area contributed by atoms with Crippen molar-refractivity contribution in [1.29, 1.82) is 0 Å². The van der Waals surface area contributed by atoms with Crippen LogP contribution in [0.25, 0.3) is 0 Å². The standard InChI is InChI=1S/C15H22ClNO3S/c1-12-4-3-8-17(9-7-12)21(18,19)15-6-5-13(11-16)10-14(15)20-2/h5-6,10,12H,3-4,7-9,11H2,1-2H3. The van der Waals surface area contributed by atoms with Gasteiger partial charge in [0, 0.05) is 19.0 Å². The first-order chi connectivity index (χ1) is 9.98. The van der Waals surface area contributed by atoms with Crippen molar-refractivity contribution in [1.82, 2.24) is 4.31 Å². The number of hydrogen-bond donors (Lipinski definition) is 0. The van der Waals surface area contributed by atoms with E-state index in [1.807, 2.05) is 0 Å². The molecule has 1 aromatic rings. The molecule has 0 saturated carbocycles. The molecule has 0 bridgehead atoms. The summed E-state index contributed by atoms with van der Waals surface area (Å²) in [6, 6.07) is 5.03. The zero-order chi connectivity index (χ0) is 15.5. The second-order valence-electron chi connectivity index (χ2n) is 5.56. The van der Waals surface area contributed by atoms with Crippen LogP contribution in [0.2, 0.25) is 0 Å². The summed E-state index contributed by atoms with van der Waals surface area (Å²) in [5.74, 6) is 1.27. The van der Waals surface area contributed by atoms with Crippen molar-refractivity contribution in [3.63, 3.8) is 0 Å². The van der Waals surface area contributed by atoms with Crippen molar-refractivity contribution < 1.29 is 13.2 Å². The minimum absolute atomic E-state index is 0.230. The molecule has 6 heteroatoms. The number of hydrogen-bond acceptors (Lipinski definition) is 3. The highest BCUT2D eigenvalue weighted by Crippen LogP contribution is 2.30. The third-order valence-corrected chi connectivity index (χ3v) is 6.22. The normalized spacial score (nSPS) is 21.0. The summed E-state index contributed by atoms with van der Waals surface area (Å²) in [7, 11) is -2.03. The number of methoxy groups -OCH3 is 1. The van der Waals surface area contributed by atoms with Crippen molar-refractivity contribution >= 4 is 21.6 Å². The van der Waals surface area contributed by atoms with E-state index in [1.54, 1.807) is 22.5 Å². The molecule has 1 aromatic carbocycles. The number of sulfonamides is 1. The van der Waals surface area contributed by atoms with Crippen LogP contribution in [-0.2, 0) is 15.9 Å². The van der Waals surface area contributed by atoms with Gasteiger partial charge in [-0.2, -0.15) is 4.31 Å². The lowest BCUT2D eigenvalue weighted by molar-refractivity contribution is 0.390. The van der Waals surface area contributed by atoms with Crippen molar-refractivity contribution in [2.45, 2.75) is 37.0 Å². The van der Waals surface area contributed by atoms with Crippen LogP contribution in [0.1, 0.15) is 31.7 Å². The molecule has 0 amide bonds. The van der Waals surface area contributed by atoms with Crippen LogP contribution in [0.4, 0.5) is 0 Å². The van der Waals surface area contributed by atoms with Crippen LogP contribution in [0.15, 0.2) is 23.1 Å². The Balaban J connectivity index is 2.34. The Kier molecular flexibility index (Phi) is 5.52. The number of ether oxygens (including phenoxy) is 1. The molecule has 1 unspecified atom stereocenters. The average Bonchev–Trinajstić information content (AvgIpc) is 2.71. The molecule has 1 saturated heterocycles. The lowest BCUT2D eigenvalue weighted by atomic mass is 10.0. The van der Waals surface area contributed by atoms with E-state index in [-0.39, 0.29) is 4.90 Å². The largest absolute Gasteiger partial charge is 0.495 e. The van der Waals surface area contributed by atoms with Gasteiger partial charge in [-0.3, -0.25) is 0 Å². The highest BCUT2D eigenvalue weighted by atomic mass is 35.5. The van der Waals surface area contributed by atoms with Crippen molar-refractivity contribution in [2.24, 2.45) is 5.92 Å². The highest BCUT2D eigenvalue weighted by Gasteiger charge is 2.29. The van der Waals surface area contributed by atoms with Gasteiger partial charge in [0.05, 0.1) is 7.11 Å². The van der Waals surface area contributed by atoms with E-state index in [1.165, 1.54) is 7.11 Å². The van der Waals surface area contributed by atoms with E-state index in [2.05, 4.69) is 6.92 Å². The maximum absolute atomic E-state index is 12.8. The minimum Gasteiger partial charge on any atom is -0.495 e. The SMILES string of the molecule is COc1cc(CCl)ccc1S(=O)(=O)N1CCCC(C)CC1. The number of halogens is 1. The van der Waals surface area contributed by atoms with Crippen LogP contribution in [0, 0.1) is 5.92 Å². The van der Waals surface area contributed by atoms with Gasteiger partial charge >= 0.3 is 0 Å². The Morgan fingerprint density at radius 3 is 2.76 bits per heavy atom. The zero-order valence-corrected chi connectivity index (χ0v) is 14.1. The van der Waals surface area contributed by atoms with Gasteiger partial charge in [-0.05, 0) is 42.9 Å². The minimum atomic E-state index is -3.51. The first-order valence-corrected chi connectivity index (χ1v) is 9.19. The summed E-state index contributed by atoms with van der Waals surface area (Å²) < 4.78 is 32.5. The zero-order valence-electron chi connectivity index (χ0n) is 12.5. The van der Waals surface area contributed by atoms with Gasteiger partial charge in [-0.15, -0.1) is 11.6 Å². The first kappa shape index (κ1) is 16.6. The van der Waals surface area contributed by atoms with E-state index in [4.69, 9.17) is 16.3 Å².